The Morgan fingerprint density at radius 2 is 2.12 bits per heavy atom. The van der Waals surface area contributed by atoms with Crippen molar-refractivity contribution < 1.29 is 19.4 Å². The van der Waals surface area contributed by atoms with Crippen molar-refractivity contribution in [2.45, 2.75) is 70.8 Å². The van der Waals surface area contributed by atoms with E-state index in [0.717, 1.165) is 30.6 Å². The molecule has 0 aliphatic carbocycles. The minimum atomic E-state index is -0.971. The van der Waals surface area contributed by atoms with E-state index in [4.69, 9.17) is 14.6 Å². The van der Waals surface area contributed by atoms with Crippen molar-refractivity contribution in [2.75, 3.05) is 6.61 Å². The summed E-state index contributed by atoms with van der Waals surface area (Å²) in [6, 6.07) is 5.53. The molecule has 1 heterocycles. The van der Waals surface area contributed by atoms with E-state index in [1.165, 1.54) is 32.1 Å². The maximum absolute atomic E-state index is 10.6. The number of carboxylic acids is 1. The lowest BCUT2D eigenvalue weighted by molar-refractivity contribution is -0.139. The molecule has 1 aliphatic rings. The molecule has 0 aromatic heterocycles. The molecule has 2 rings (SSSR count). The first-order chi connectivity index (χ1) is 12.0. The maximum Gasteiger partial charge on any atom is 0.341 e. The quantitative estimate of drug-likeness (QED) is 0.470. The molecule has 0 saturated heterocycles. The Hall–Kier alpha value is -1.97. The van der Waals surface area contributed by atoms with Crippen LogP contribution in [0, 0.1) is 0 Å². The summed E-state index contributed by atoms with van der Waals surface area (Å²) in [5.74, 6) is 0.473. The summed E-state index contributed by atoms with van der Waals surface area (Å²) in [6.07, 6.45) is 13.9. The third-order valence-corrected chi connectivity index (χ3v) is 4.57. The fourth-order valence-corrected chi connectivity index (χ4v) is 3.09. The Balaban J connectivity index is 1.85. The van der Waals surface area contributed by atoms with Gasteiger partial charge in [-0.05, 0) is 62.4 Å². The minimum absolute atomic E-state index is 0.264. The molecule has 0 spiro atoms. The Bertz CT molecular complexity index is 594. The van der Waals surface area contributed by atoms with Crippen LogP contribution in [0.4, 0.5) is 0 Å². The van der Waals surface area contributed by atoms with Crippen LogP contribution in [0.15, 0.2) is 30.4 Å². The summed E-state index contributed by atoms with van der Waals surface area (Å²) in [6.45, 7) is 4.04. The maximum atomic E-state index is 10.6. The zero-order valence-corrected chi connectivity index (χ0v) is 15.4. The molecule has 138 valence electrons. The average Bonchev–Trinajstić information content (AvgIpc) is 2.59. The number of hydrogen-bond donors (Lipinski definition) is 1. The molecule has 1 atom stereocenters. The van der Waals surface area contributed by atoms with Crippen LogP contribution in [0.25, 0.3) is 0 Å². The molecule has 0 bridgehead atoms. The van der Waals surface area contributed by atoms with Crippen molar-refractivity contribution in [3.8, 4) is 11.5 Å². The van der Waals surface area contributed by atoms with Crippen LogP contribution in [0.5, 0.6) is 11.5 Å². The van der Waals surface area contributed by atoms with Gasteiger partial charge in [0.05, 0.1) is 0 Å². The number of ether oxygens (including phenoxy) is 2. The molecule has 1 aromatic rings. The number of carboxylic acid groups (broad SMARTS) is 1. The lowest BCUT2D eigenvalue weighted by atomic mass is 9.91. The van der Waals surface area contributed by atoms with E-state index in [-0.39, 0.29) is 12.2 Å². The van der Waals surface area contributed by atoms with E-state index in [2.05, 4.69) is 26.0 Å². The molecule has 0 amide bonds. The number of rotatable bonds is 10. The number of benzene rings is 1. The number of hydrogen-bond acceptors (Lipinski definition) is 3. The van der Waals surface area contributed by atoms with Crippen LogP contribution in [0.1, 0.15) is 64.4 Å². The smallest absolute Gasteiger partial charge is 0.341 e. The highest BCUT2D eigenvalue weighted by Gasteiger charge is 2.29. The number of unbranched alkanes of at least 4 members (excludes halogenated alkanes) is 5. The number of fused-ring (bicyclic) bond motifs is 1. The van der Waals surface area contributed by atoms with Gasteiger partial charge in [-0.1, -0.05) is 38.7 Å². The lowest BCUT2D eigenvalue weighted by Gasteiger charge is -2.33. The van der Waals surface area contributed by atoms with E-state index in [9.17, 15) is 4.79 Å². The van der Waals surface area contributed by atoms with Crippen molar-refractivity contribution in [2.24, 2.45) is 0 Å². The molecule has 0 saturated carbocycles. The summed E-state index contributed by atoms with van der Waals surface area (Å²) >= 11 is 0. The molecule has 1 aliphatic heterocycles. The summed E-state index contributed by atoms with van der Waals surface area (Å²) < 4.78 is 11.4. The third kappa shape index (κ3) is 6.45. The Kier molecular flexibility index (Phi) is 7.35. The van der Waals surface area contributed by atoms with Crippen LogP contribution >= 0.6 is 0 Å². The van der Waals surface area contributed by atoms with Gasteiger partial charge in [0.15, 0.2) is 6.61 Å². The highest BCUT2D eigenvalue weighted by Crippen LogP contribution is 2.36. The van der Waals surface area contributed by atoms with Gasteiger partial charge in [0.25, 0.3) is 0 Å². The second-order valence-corrected chi connectivity index (χ2v) is 6.97. The van der Waals surface area contributed by atoms with Crippen LogP contribution < -0.4 is 9.47 Å². The van der Waals surface area contributed by atoms with Crippen molar-refractivity contribution in [3.05, 3.63) is 35.9 Å². The van der Waals surface area contributed by atoms with Gasteiger partial charge >= 0.3 is 5.97 Å². The van der Waals surface area contributed by atoms with Gasteiger partial charge in [-0.25, -0.2) is 4.79 Å². The van der Waals surface area contributed by atoms with Crippen molar-refractivity contribution in [1.82, 2.24) is 0 Å². The molecular weight excluding hydrogens is 316 g/mol. The first-order valence-corrected chi connectivity index (χ1v) is 9.36. The standard InChI is InChI=1S/C21H30O4/c1-3-4-5-6-7-8-9-13-21(2)14-12-17-15-18(24-16-20(22)23)10-11-19(17)25-21/h9-11,13,15H,3-8,12,14,16H2,1-2H3,(H,22,23)/b13-9+. The van der Waals surface area contributed by atoms with Crippen LogP contribution in [0.2, 0.25) is 0 Å². The molecule has 0 fully saturated rings. The molecule has 1 N–H and O–H groups in total. The molecule has 4 nitrogen and oxygen atoms in total. The molecule has 0 radical (unpaired) electrons. The number of carbonyl (C=O) groups is 1. The van der Waals surface area contributed by atoms with E-state index in [1.54, 1.807) is 6.07 Å². The second kappa shape index (κ2) is 9.50. The summed E-state index contributed by atoms with van der Waals surface area (Å²) in [5, 5.41) is 8.69. The van der Waals surface area contributed by atoms with Crippen molar-refractivity contribution in [1.29, 1.82) is 0 Å². The number of allylic oxidation sites excluding steroid dienone is 1. The Morgan fingerprint density at radius 1 is 1.32 bits per heavy atom. The largest absolute Gasteiger partial charge is 0.483 e. The van der Waals surface area contributed by atoms with Gasteiger partial charge in [0.2, 0.25) is 0 Å². The summed E-state index contributed by atoms with van der Waals surface area (Å²) in [7, 11) is 0. The average molecular weight is 346 g/mol. The van der Waals surface area contributed by atoms with E-state index in [0.29, 0.717) is 5.75 Å². The van der Waals surface area contributed by atoms with E-state index < -0.39 is 5.97 Å². The van der Waals surface area contributed by atoms with E-state index in [1.807, 2.05) is 12.1 Å². The molecule has 25 heavy (non-hydrogen) atoms. The van der Waals surface area contributed by atoms with Crippen molar-refractivity contribution >= 4 is 5.97 Å². The lowest BCUT2D eigenvalue weighted by Crippen LogP contribution is -2.34. The topological polar surface area (TPSA) is 55.8 Å². The third-order valence-electron chi connectivity index (χ3n) is 4.57. The zero-order chi connectivity index (χ0) is 18.1. The predicted octanol–water partition coefficient (Wildman–Crippen LogP) is 5.15. The normalized spacial score (nSPS) is 19.4. The van der Waals surface area contributed by atoms with Gasteiger partial charge < -0.3 is 14.6 Å². The zero-order valence-electron chi connectivity index (χ0n) is 15.4. The van der Waals surface area contributed by atoms with Gasteiger partial charge in [-0.15, -0.1) is 0 Å². The van der Waals surface area contributed by atoms with Crippen LogP contribution in [0.3, 0.4) is 0 Å². The van der Waals surface area contributed by atoms with Gasteiger partial charge in [0.1, 0.15) is 17.1 Å². The second-order valence-electron chi connectivity index (χ2n) is 6.97. The number of aryl methyl sites for hydroxylation is 1. The minimum Gasteiger partial charge on any atom is -0.483 e. The van der Waals surface area contributed by atoms with E-state index >= 15 is 0 Å². The monoisotopic (exact) mass is 346 g/mol. The molecule has 1 aromatic carbocycles. The molecule has 4 heteroatoms. The Labute approximate surface area is 150 Å². The van der Waals surface area contributed by atoms with Gasteiger partial charge in [0, 0.05) is 0 Å². The SMILES string of the molecule is CCCCCCC/C=C/C1(C)CCc2cc(OCC(=O)O)ccc2O1. The van der Waals surface area contributed by atoms with Crippen molar-refractivity contribution in [3.63, 3.8) is 0 Å². The first kappa shape index (κ1) is 19.4. The summed E-state index contributed by atoms with van der Waals surface area (Å²) in [4.78, 5) is 10.6. The predicted molar refractivity (Wildman–Crippen MR) is 99.4 cm³/mol. The highest BCUT2D eigenvalue weighted by atomic mass is 16.5. The summed E-state index contributed by atoms with van der Waals surface area (Å²) in [5.41, 5.74) is 0.813. The molecular formula is C21H30O4. The number of aliphatic carboxylic acids is 1. The first-order valence-electron chi connectivity index (χ1n) is 9.36. The van der Waals surface area contributed by atoms with Gasteiger partial charge in [-0.2, -0.15) is 0 Å². The fourth-order valence-electron chi connectivity index (χ4n) is 3.09. The van der Waals surface area contributed by atoms with Crippen LogP contribution in [-0.4, -0.2) is 23.3 Å². The molecule has 1 unspecified atom stereocenters. The van der Waals surface area contributed by atoms with Gasteiger partial charge in [-0.3, -0.25) is 0 Å². The Morgan fingerprint density at radius 3 is 2.88 bits per heavy atom. The fraction of sp³-hybridized carbons (Fsp3) is 0.571. The van der Waals surface area contributed by atoms with Crippen LogP contribution in [-0.2, 0) is 11.2 Å². The highest BCUT2D eigenvalue weighted by molar-refractivity contribution is 5.68.